The van der Waals surface area contributed by atoms with Crippen LogP contribution < -0.4 is 10.0 Å². The Balaban J connectivity index is 2.21. The van der Waals surface area contributed by atoms with Crippen molar-refractivity contribution in [1.29, 1.82) is 0 Å². The standard InChI is InChI=1S/C13H19ClN2O4S2/c1-21(17,18)11-5-6-12(14)13(8-11)22(19,20)16-9-10-4-2-3-7-15-10/h5-6,8,10,15-16H,2-4,7,9H2,1H3/t10-/m1/s1. The Kier molecular flexibility index (Phi) is 5.50. The molecule has 0 amide bonds. The van der Waals surface area contributed by atoms with Crippen LogP contribution in [0.15, 0.2) is 28.0 Å². The molecule has 2 N–H and O–H groups in total. The first-order valence-corrected chi connectivity index (χ1v) is 10.7. The van der Waals surface area contributed by atoms with Crippen molar-refractivity contribution in [3.63, 3.8) is 0 Å². The van der Waals surface area contributed by atoms with Crippen molar-refractivity contribution in [2.45, 2.75) is 35.1 Å². The van der Waals surface area contributed by atoms with Crippen molar-refractivity contribution in [1.82, 2.24) is 10.0 Å². The molecule has 1 heterocycles. The monoisotopic (exact) mass is 366 g/mol. The summed E-state index contributed by atoms with van der Waals surface area (Å²) in [6.45, 7) is 1.12. The summed E-state index contributed by atoms with van der Waals surface area (Å²) in [7, 11) is -7.36. The minimum atomic E-state index is -3.86. The fourth-order valence-corrected chi connectivity index (χ4v) is 4.63. The Morgan fingerprint density at radius 1 is 1.27 bits per heavy atom. The molecule has 6 nitrogen and oxygen atoms in total. The van der Waals surface area contributed by atoms with Crippen LogP contribution in [-0.2, 0) is 19.9 Å². The minimum absolute atomic E-state index is 0.00324. The van der Waals surface area contributed by atoms with E-state index in [4.69, 9.17) is 11.6 Å². The van der Waals surface area contributed by atoms with Gasteiger partial charge in [-0.25, -0.2) is 21.6 Å². The summed E-state index contributed by atoms with van der Waals surface area (Å²) < 4.78 is 50.3. The van der Waals surface area contributed by atoms with Crippen LogP contribution in [0.3, 0.4) is 0 Å². The first kappa shape index (κ1) is 17.7. The molecule has 0 aromatic heterocycles. The van der Waals surface area contributed by atoms with Gasteiger partial charge in [0.2, 0.25) is 10.0 Å². The van der Waals surface area contributed by atoms with Crippen molar-refractivity contribution < 1.29 is 16.8 Å². The average Bonchev–Trinajstić information content (AvgIpc) is 2.45. The van der Waals surface area contributed by atoms with Crippen molar-refractivity contribution >= 4 is 31.5 Å². The normalized spacial score (nSPS) is 20.0. The Morgan fingerprint density at radius 3 is 2.59 bits per heavy atom. The van der Waals surface area contributed by atoms with Crippen molar-refractivity contribution in [2.24, 2.45) is 0 Å². The molecule has 1 fully saturated rings. The molecule has 0 unspecified atom stereocenters. The molecule has 0 radical (unpaired) electrons. The zero-order valence-electron chi connectivity index (χ0n) is 12.2. The van der Waals surface area contributed by atoms with E-state index in [1.165, 1.54) is 12.1 Å². The molecule has 9 heteroatoms. The van der Waals surface area contributed by atoms with E-state index < -0.39 is 19.9 Å². The van der Waals surface area contributed by atoms with E-state index in [1.54, 1.807) is 0 Å². The molecule has 1 aromatic rings. The number of rotatable bonds is 5. The third-order valence-electron chi connectivity index (χ3n) is 3.55. The highest BCUT2D eigenvalue weighted by Gasteiger charge is 2.22. The third-order valence-corrected chi connectivity index (χ3v) is 6.57. The van der Waals surface area contributed by atoms with Gasteiger partial charge >= 0.3 is 0 Å². The third kappa shape index (κ3) is 4.42. The summed E-state index contributed by atoms with van der Waals surface area (Å²) in [6, 6.07) is 3.75. The van der Waals surface area contributed by atoms with E-state index in [0.29, 0.717) is 0 Å². The second-order valence-electron chi connectivity index (χ2n) is 5.36. The van der Waals surface area contributed by atoms with E-state index in [0.717, 1.165) is 38.1 Å². The van der Waals surface area contributed by atoms with Gasteiger partial charge in [-0.2, -0.15) is 0 Å². The fourth-order valence-electron chi connectivity index (χ4n) is 2.31. The summed E-state index contributed by atoms with van der Waals surface area (Å²) in [5.74, 6) is 0. The molecule has 0 aliphatic carbocycles. The number of piperidine rings is 1. The van der Waals surface area contributed by atoms with Crippen LogP contribution in [0.2, 0.25) is 5.02 Å². The van der Waals surface area contributed by atoms with Gasteiger partial charge in [0.25, 0.3) is 0 Å². The fraction of sp³-hybridized carbons (Fsp3) is 0.538. The highest BCUT2D eigenvalue weighted by Crippen LogP contribution is 2.24. The summed E-state index contributed by atoms with van der Waals surface area (Å²) >= 11 is 5.92. The largest absolute Gasteiger partial charge is 0.313 e. The van der Waals surface area contributed by atoms with Gasteiger partial charge in [-0.3, -0.25) is 0 Å². The maximum atomic E-state index is 12.4. The molecule has 1 aliphatic rings. The highest BCUT2D eigenvalue weighted by atomic mass is 35.5. The zero-order chi connectivity index (χ0) is 16.4. The molecular formula is C13H19ClN2O4S2. The Hall–Kier alpha value is -0.670. The van der Waals surface area contributed by atoms with Gasteiger partial charge in [0.05, 0.1) is 9.92 Å². The van der Waals surface area contributed by atoms with E-state index in [9.17, 15) is 16.8 Å². The molecule has 2 rings (SSSR count). The maximum Gasteiger partial charge on any atom is 0.242 e. The van der Waals surface area contributed by atoms with Gasteiger partial charge in [0, 0.05) is 18.8 Å². The summed E-state index contributed by atoms with van der Waals surface area (Å²) in [4.78, 5) is -0.291. The van der Waals surface area contributed by atoms with E-state index in [-0.39, 0.29) is 27.4 Å². The van der Waals surface area contributed by atoms with Gasteiger partial charge in [-0.1, -0.05) is 18.0 Å². The smallest absolute Gasteiger partial charge is 0.242 e. The molecule has 1 aromatic carbocycles. The Morgan fingerprint density at radius 2 is 2.00 bits per heavy atom. The zero-order valence-corrected chi connectivity index (χ0v) is 14.6. The number of nitrogens with one attached hydrogen (secondary N) is 2. The maximum absolute atomic E-state index is 12.4. The predicted octanol–water partition coefficient (Wildman–Crippen LogP) is 1.16. The average molecular weight is 367 g/mol. The van der Waals surface area contributed by atoms with E-state index in [1.807, 2.05) is 0 Å². The molecule has 124 valence electrons. The molecule has 1 atom stereocenters. The second-order valence-corrected chi connectivity index (χ2v) is 9.52. The number of sulfonamides is 1. The summed E-state index contributed by atoms with van der Waals surface area (Å²) in [5, 5.41) is 3.23. The van der Waals surface area contributed by atoms with Crippen LogP contribution in [0.4, 0.5) is 0 Å². The first-order valence-electron chi connectivity index (χ1n) is 6.93. The SMILES string of the molecule is CS(=O)(=O)c1ccc(Cl)c(S(=O)(=O)NC[C@H]2CCCCN2)c1. The van der Waals surface area contributed by atoms with Crippen LogP contribution in [0.1, 0.15) is 19.3 Å². The first-order chi connectivity index (χ1) is 10.2. The Labute approximate surface area is 136 Å². The minimum Gasteiger partial charge on any atom is -0.313 e. The second kappa shape index (κ2) is 6.84. The number of halogens is 1. The van der Waals surface area contributed by atoms with Crippen molar-refractivity contribution in [3.8, 4) is 0 Å². The van der Waals surface area contributed by atoms with Gasteiger partial charge < -0.3 is 5.32 Å². The molecular weight excluding hydrogens is 348 g/mol. The molecule has 1 saturated heterocycles. The van der Waals surface area contributed by atoms with Crippen LogP contribution in [0.25, 0.3) is 0 Å². The number of benzene rings is 1. The van der Waals surface area contributed by atoms with Crippen molar-refractivity contribution in [3.05, 3.63) is 23.2 Å². The van der Waals surface area contributed by atoms with Gasteiger partial charge in [-0.05, 0) is 37.6 Å². The number of hydrogen-bond acceptors (Lipinski definition) is 5. The lowest BCUT2D eigenvalue weighted by atomic mass is 10.1. The van der Waals surface area contributed by atoms with Crippen molar-refractivity contribution in [2.75, 3.05) is 19.3 Å². The molecule has 0 spiro atoms. The van der Waals surface area contributed by atoms with Crippen LogP contribution >= 0.6 is 11.6 Å². The summed E-state index contributed by atoms with van der Waals surface area (Å²) in [6.07, 6.45) is 4.07. The predicted molar refractivity (Wildman–Crippen MR) is 85.4 cm³/mol. The Bertz CT molecular complexity index is 741. The van der Waals surface area contributed by atoms with Gasteiger partial charge in [-0.15, -0.1) is 0 Å². The van der Waals surface area contributed by atoms with Gasteiger partial charge in [0.15, 0.2) is 9.84 Å². The van der Waals surface area contributed by atoms with Crippen LogP contribution in [0, 0.1) is 0 Å². The van der Waals surface area contributed by atoms with Crippen LogP contribution in [0.5, 0.6) is 0 Å². The molecule has 1 aliphatic heterocycles. The quantitative estimate of drug-likeness (QED) is 0.815. The van der Waals surface area contributed by atoms with E-state index >= 15 is 0 Å². The topological polar surface area (TPSA) is 92.3 Å². The molecule has 0 bridgehead atoms. The molecule has 22 heavy (non-hydrogen) atoms. The van der Waals surface area contributed by atoms with E-state index in [2.05, 4.69) is 10.0 Å². The molecule has 0 saturated carbocycles. The lowest BCUT2D eigenvalue weighted by Crippen LogP contribution is -2.43. The number of hydrogen-bond donors (Lipinski definition) is 2. The van der Waals surface area contributed by atoms with Crippen LogP contribution in [-0.4, -0.2) is 42.2 Å². The number of sulfone groups is 1. The summed E-state index contributed by atoms with van der Waals surface area (Å²) in [5.41, 5.74) is 0. The van der Waals surface area contributed by atoms with Gasteiger partial charge in [0.1, 0.15) is 4.90 Å². The highest BCUT2D eigenvalue weighted by molar-refractivity contribution is 7.91. The lowest BCUT2D eigenvalue weighted by molar-refractivity contribution is 0.398. The lowest BCUT2D eigenvalue weighted by Gasteiger charge is -2.23.